The summed E-state index contributed by atoms with van der Waals surface area (Å²) in [5.74, 6) is 0.0643. The standard InChI is InChI=1S/C11H19NO/c1-2-7-11(13)12-10-8-5-3-4-6-9-10/h2,7,10H,3-6,8-9H2,1H3,(H,12,13)/b7-2+. The van der Waals surface area contributed by atoms with Crippen molar-refractivity contribution in [2.45, 2.75) is 51.5 Å². The molecule has 1 N–H and O–H groups in total. The van der Waals surface area contributed by atoms with E-state index in [4.69, 9.17) is 0 Å². The lowest BCUT2D eigenvalue weighted by Crippen LogP contribution is -2.32. The molecule has 0 radical (unpaired) electrons. The summed E-state index contributed by atoms with van der Waals surface area (Å²) >= 11 is 0. The highest BCUT2D eigenvalue weighted by Crippen LogP contribution is 2.16. The Morgan fingerprint density at radius 2 is 1.85 bits per heavy atom. The van der Waals surface area contributed by atoms with Gasteiger partial charge in [0.2, 0.25) is 5.91 Å². The van der Waals surface area contributed by atoms with Crippen LogP contribution in [0.5, 0.6) is 0 Å². The Morgan fingerprint density at radius 1 is 1.23 bits per heavy atom. The van der Waals surface area contributed by atoms with Crippen LogP contribution < -0.4 is 5.32 Å². The van der Waals surface area contributed by atoms with Gasteiger partial charge < -0.3 is 5.32 Å². The van der Waals surface area contributed by atoms with Crippen LogP contribution in [0.15, 0.2) is 12.2 Å². The molecule has 1 aliphatic carbocycles. The van der Waals surface area contributed by atoms with E-state index in [0.29, 0.717) is 6.04 Å². The first-order valence-corrected chi connectivity index (χ1v) is 5.26. The van der Waals surface area contributed by atoms with Crippen molar-refractivity contribution in [1.82, 2.24) is 5.32 Å². The molecule has 0 spiro atoms. The molecule has 1 amide bonds. The van der Waals surface area contributed by atoms with Crippen LogP contribution in [0.3, 0.4) is 0 Å². The zero-order valence-electron chi connectivity index (χ0n) is 8.38. The van der Waals surface area contributed by atoms with Crippen molar-refractivity contribution in [3.63, 3.8) is 0 Å². The van der Waals surface area contributed by atoms with Crippen LogP contribution in [0.1, 0.15) is 45.4 Å². The van der Waals surface area contributed by atoms with Gasteiger partial charge in [-0.2, -0.15) is 0 Å². The predicted molar refractivity (Wildman–Crippen MR) is 54.4 cm³/mol. The number of carbonyl (C=O) groups is 1. The summed E-state index contributed by atoms with van der Waals surface area (Å²) in [6, 6.07) is 0.422. The maximum atomic E-state index is 11.2. The van der Waals surface area contributed by atoms with Crippen LogP contribution in [-0.4, -0.2) is 11.9 Å². The van der Waals surface area contributed by atoms with Crippen molar-refractivity contribution in [2.75, 3.05) is 0 Å². The second-order valence-corrected chi connectivity index (χ2v) is 3.70. The molecule has 0 aliphatic heterocycles. The Balaban J connectivity index is 2.29. The fraction of sp³-hybridized carbons (Fsp3) is 0.727. The van der Waals surface area contributed by atoms with Gasteiger partial charge in [0.05, 0.1) is 0 Å². The highest BCUT2D eigenvalue weighted by atomic mass is 16.1. The van der Waals surface area contributed by atoms with Crippen LogP contribution >= 0.6 is 0 Å². The monoisotopic (exact) mass is 181 g/mol. The Hall–Kier alpha value is -0.790. The second kappa shape index (κ2) is 5.79. The molecule has 1 saturated carbocycles. The molecule has 1 fully saturated rings. The summed E-state index contributed by atoms with van der Waals surface area (Å²) in [7, 11) is 0. The average Bonchev–Trinajstić information content (AvgIpc) is 2.33. The topological polar surface area (TPSA) is 29.1 Å². The van der Waals surface area contributed by atoms with Gasteiger partial charge in [0.25, 0.3) is 0 Å². The lowest BCUT2D eigenvalue weighted by atomic mass is 10.1. The zero-order chi connectivity index (χ0) is 9.52. The molecular formula is C11H19NO. The van der Waals surface area contributed by atoms with Crippen LogP contribution in [0.2, 0.25) is 0 Å². The molecule has 2 heteroatoms. The van der Waals surface area contributed by atoms with E-state index in [2.05, 4.69) is 5.32 Å². The maximum Gasteiger partial charge on any atom is 0.243 e. The summed E-state index contributed by atoms with van der Waals surface area (Å²) in [6.07, 6.45) is 10.9. The van der Waals surface area contributed by atoms with Crippen molar-refractivity contribution < 1.29 is 4.79 Å². The summed E-state index contributed by atoms with van der Waals surface area (Å²) in [4.78, 5) is 11.2. The van der Waals surface area contributed by atoms with Gasteiger partial charge in [-0.1, -0.05) is 31.8 Å². The van der Waals surface area contributed by atoms with E-state index in [1.54, 1.807) is 12.2 Å². The Labute approximate surface area is 80.4 Å². The molecule has 0 unspecified atom stereocenters. The van der Waals surface area contributed by atoms with Gasteiger partial charge in [0, 0.05) is 6.04 Å². The Kier molecular flexibility index (Phi) is 4.58. The van der Waals surface area contributed by atoms with Crippen molar-refractivity contribution >= 4 is 5.91 Å². The van der Waals surface area contributed by atoms with E-state index in [1.807, 2.05) is 6.92 Å². The SMILES string of the molecule is C/C=C/C(=O)NC1CCCCCC1. The first-order chi connectivity index (χ1) is 6.33. The van der Waals surface area contributed by atoms with Crippen LogP contribution in [-0.2, 0) is 4.79 Å². The van der Waals surface area contributed by atoms with Crippen LogP contribution in [0.25, 0.3) is 0 Å². The van der Waals surface area contributed by atoms with Crippen molar-refractivity contribution in [1.29, 1.82) is 0 Å². The third-order valence-corrected chi connectivity index (χ3v) is 2.52. The van der Waals surface area contributed by atoms with Gasteiger partial charge >= 0.3 is 0 Å². The van der Waals surface area contributed by atoms with E-state index >= 15 is 0 Å². The van der Waals surface area contributed by atoms with E-state index in [1.165, 1.54) is 25.7 Å². The minimum atomic E-state index is 0.0643. The highest BCUT2D eigenvalue weighted by molar-refractivity contribution is 5.87. The quantitative estimate of drug-likeness (QED) is 0.514. The number of rotatable bonds is 2. The molecule has 13 heavy (non-hydrogen) atoms. The largest absolute Gasteiger partial charge is 0.350 e. The second-order valence-electron chi connectivity index (χ2n) is 3.70. The summed E-state index contributed by atoms with van der Waals surface area (Å²) in [5, 5.41) is 3.03. The van der Waals surface area contributed by atoms with Crippen molar-refractivity contribution in [2.24, 2.45) is 0 Å². The minimum absolute atomic E-state index is 0.0643. The summed E-state index contributed by atoms with van der Waals surface area (Å²) in [5.41, 5.74) is 0. The van der Waals surface area contributed by atoms with Crippen LogP contribution in [0.4, 0.5) is 0 Å². The Bertz CT molecular complexity index is 179. The minimum Gasteiger partial charge on any atom is -0.350 e. The first kappa shape index (κ1) is 10.3. The number of nitrogens with one attached hydrogen (secondary N) is 1. The lowest BCUT2D eigenvalue weighted by molar-refractivity contribution is -0.117. The molecule has 0 heterocycles. The molecule has 0 aromatic rings. The van der Waals surface area contributed by atoms with Gasteiger partial charge in [-0.05, 0) is 25.8 Å². The number of hydrogen-bond donors (Lipinski definition) is 1. The maximum absolute atomic E-state index is 11.2. The van der Waals surface area contributed by atoms with Gasteiger partial charge in [-0.3, -0.25) is 4.79 Å². The average molecular weight is 181 g/mol. The van der Waals surface area contributed by atoms with E-state index in [0.717, 1.165) is 12.8 Å². The van der Waals surface area contributed by atoms with Gasteiger partial charge in [0.15, 0.2) is 0 Å². The summed E-state index contributed by atoms with van der Waals surface area (Å²) < 4.78 is 0. The molecule has 0 aromatic heterocycles. The highest BCUT2D eigenvalue weighted by Gasteiger charge is 2.12. The number of amides is 1. The van der Waals surface area contributed by atoms with Gasteiger partial charge in [0.1, 0.15) is 0 Å². The molecule has 1 aliphatic rings. The van der Waals surface area contributed by atoms with E-state index in [-0.39, 0.29) is 5.91 Å². The number of allylic oxidation sites excluding steroid dienone is 1. The van der Waals surface area contributed by atoms with E-state index < -0.39 is 0 Å². The smallest absolute Gasteiger partial charge is 0.243 e. The molecule has 0 aromatic carbocycles. The number of hydrogen-bond acceptors (Lipinski definition) is 1. The molecule has 2 nitrogen and oxygen atoms in total. The van der Waals surface area contributed by atoms with E-state index in [9.17, 15) is 4.79 Å². The lowest BCUT2D eigenvalue weighted by Gasteiger charge is -2.14. The molecule has 74 valence electrons. The fourth-order valence-corrected chi connectivity index (χ4v) is 1.82. The molecule has 1 rings (SSSR count). The fourth-order valence-electron chi connectivity index (χ4n) is 1.82. The predicted octanol–water partition coefficient (Wildman–Crippen LogP) is 2.40. The first-order valence-electron chi connectivity index (χ1n) is 5.26. The summed E-state index contributed by atoms with van der Waals surface area (Å²) in [6.45, 7) is 1.87. The van der Waals surface area contributed by atoms with Gasteiger partial charge in [-0.15, -0.1) is 0 Å². The Morgan fingerprint density at radius 3 is 2.38 bits per heavy atom. The molecule has 0 saturated heterocycles. The molecule has 0 atom stereocenters. The molecular weight excluding hydrogens is 162 g/mol. The number of carbonyl (C=O) groups excluding carboxylic acids is 1. The third-order valence-electron chi connectivity index (χ3n) is 2.52. The third kappa shape index (κ3) is 4.11. The van der Waals surface area contributed by atoms with Gasteiger partial charge in [-0.25, -0.2) is 0 Å². The van der Waals surface area contributed by atoms with Crippen molar-refractivity contribution in [3.05, 3.63) is 12.2 Å². The zero-order valence-corrected chi connectivity index (χ0v) is 8.38. The normalized spacial score (nSPS) is 20.1. The van der Waals surface area contributed by atoms with Crippen molar-refractivity contribution in [3.8, 4) is 0 Å². The molecule has 0 bridgehead atoms. The van der Waals surface area contributed by atoms with Crippen LogP contribution in [0, 0.1) is 0 Å².